The highest BCUT2D eigenvalue weighted by Crippen LogP contribution is 2.57. The average molecular weight is 843 g/mol. The van der Waals surface area contributed by atoms with Gasteiger partial charge in [-0.15, -0.1) is 0 Å². The maximum atomic E-state index is 2.50. The van der Waals surface area contributed by atoms with Gasteiger partial charge in [0.05, 0.1) is 22.1 Å². The van der Waals surface area contributed by atoms with Crippen molar-refractivity contribution < 1.29 is 0 Å². The second-order valence-electron chi connectivity index (χ2n) is 18.4. The molecule has 2 heteroatoms. The van der Waals surface area contributed by atoms with Crippen molar-refractivity contribution in [2.45, 2.75) is 24.7 Å². The summed E-state index contributed by atoms with van der Waals surface area (Å²) < 4.78 is 2.45. The molecule has 0 spiro atoms. The summed E-state index contributed by atoms with van der Waals surface area (Å²) in [6.07, 6.45) is 0. The van der Waals surface area contributed by atoms with E-state index in [4.69, 9.17) is 0 Å². The molecular weight excluding hydrogens is 797 g/mol. The quantitative estimate of drug-likeness (QED) is 0.155. The smallest absolute Gasteiger partial charge is 0.0713 e. The van der Waals surface area contributed by atoms with Crippen molar-refractivity contribution in [3.63, 3.8) is 0 Å². The molecule has 0 fully saturated rings. The van der Waals surface area contributed by atoms with Gasteiger partial charge in [-0.25, -0.2) is 0 Å². The van der Waals surface area contributed by atoms with Gasteiger partial charge in [-0.2, -0.15) is 0 Å². The van der Waals surface area contributed by atoms with Crippen LogP contribution in [-0.2, 0) is 10.8 Å². The lowest BCUT2D eigenvalue weighted by molar-refractivity contribution is 0.660. The minimum absolute atomic E-state index is 0.138. The van der Waals surface area contributed by atoms with Gasteiger partial charge in [-0.3, -0.25) is 0 Å². The summed E-state index contributed by atoms with van der Waals surface area (Å²) in [6, 6.07) is 90.1. The number of hydrogen-bond donors (Lipinski definition) is 0. The lowest BCUT2D eigenvalue weighted by Crippen LogP contribution is -2.28. The van der Waals surface area contributed by atoms with Crippen LogP contribution in [0.1, 0.15) is 47.2 Å². The Morgan fingerprint density at radius 3 is 1.56 bits per heavy atom. The van der Waals surface area contributed by atoms with Crippen molar-refractivity contribution in [2.75, 3.05) is 4.90 Å². The molecule has 0 bridgehead atoms. The summed E-state index contributed by atoms with van der Waals surface area (Å²) in [5.74, 6) is 0. The number of para-hydroxylation sites is 1. The summed E-state index contributed by atoms with van der Waals surface area (Å²) in [4.78, 5) is 2.50. The molecule has 1 aromatic heterocycles. The highest BCUT2D eigenvalue weighted by atomic mass is 15.1. The number of aromatic nitrogens is 1. The predicted molar refractivity (Wildman–Crippen MR) is 276 cm³/mol. The van der Waals surface area contributed by atoms with Gasteiger partial charge in [0, 0.05) is 38.8 Å². The first-order valence-electron chi connectivity index (χ1n) is 23.1. The molecule has 1 heterocycles. The Morgan fingerprint density at radius 2 is 0.879 bits per heavy atom. The largest absolute Gasteiger partial charge is 0.310 e. The third-order valence-electron chi connectivity index (χ3n) is 14.7. The van der Waals surface area contributed by atoms with Crippen LogP contribution in [0.2, 0.25) is 0 Å². The van der Waals surface area contributed by atoms with Crippen LogP contribution in [0.3, 0.4) is 0 Å². The normalized spacial score (nSPS) is 13.8. The Labute approximate surface area is 386 Å². The molecule has 0 amide bonds. The van der Waals surface area contributed by atoms with Crippen LogP contribution < -0.4 is 4.90 Å². The molecule has 0 unspecified atom stereocenters. The molecule has 2 aliphatic rings. The molecule has 0 radical (unpaired) electrons. The van der Waals surface area contributed by atoms with E-state index in [1.165, 1.54) is 94.3 Å². The van der Waals surface area contributed by atoms with Crippen molar-refractivity contribution >= 4 is 38.9 Å². The van der Waals surface area contributed by atoms with Crippen LogP contribution in [0.5, 0.6) is 0 Å². The van der Waals surface area contributed by atoms with Gasteiger partial charge in [-0.1, -0.05) is 196 Å². The van der Waals surface area contributed by atoms with Gasteiger partial charge >= 0.3 is 0 Å². The Balaban J connectivity index is 1.09. The highest BCUT2D eigenvalue weighted by Gasteiger charge is 2.46. The molecule has 2 aliphatic carbocycles. The van der Waals surface area contributed by atoms with E-state index in [2.05, 4.69) is 266 Å². The maximum Gasteiger partial charge on any atom is 0.0713 e. The first-order valence-corrected chi connectivity index (χ1v) is 23.1. The number of rotatable bonds is 7. The SMILES string of the molecule is CC1(C)c2ccccc2-c2c(N(c3ccc(-c4ccccc4)cc3)c3ccc4c(c3)c3cc(C5(c6ccccc6)c6ccccc6-c6ccccc65)ccc3n4-c3ccccc3)cccc21. The Morgan fingerprint density at radius 1 is 0.364 bits per heavy atom. The molecule has 0 atom stereocenters. The third kappa shape index (κ3) is 5.48. The number of hydrogen-bond acceptors (Lipinski definition) is 1. The second-order valence-corrected chi connectivity index (χ2v) is 18.4. The second kappa shape index (κ2) is 14.7. The van der Waals surface area contributed by atoms with Gasteiger partial charge in [0.15, 0.2) is 0 Å². The number of nitrogens with zero attached hydrogens (tertiary/aromatic N) is 2. The third-order valence-corrected chi connectivity index (χ3v) is 14.7. The minimum Gasteiger partial charge on any atom is -0.310 e. The summed E-state index contributed by atoms with van der Waals surface area (Å²) in [6.45, 7) is 4.73. The van der Waals surface area contributed by atoms with Crippen LogP contribution in [0, 0.1) is 0 Å². The average Bonchev–Trinajstić information content (AvgIpc) is 3.96. The van der Waals surface area contributed by atoms with Crippen molar-refractivity contribution in [3.05, 3.63) is 276 Å². The minimum atomic E-state index is -0.515. The van der Waals surface area contributed by atoms with Crippen LogP contribution >= 0.6 is 0 Å². The lowest BCUT2D eigenvalue weighted by Gasteiger charge is -2.34. The van der Waals surface area contributed by atoms with E-state index in [9.17, 15) is 0 Å². The zero-order valence-corrected chi connectivity index (χ0v) is 37.0. The van der Waals surface area contributed by atoms with Crippen LogP contribution in [-0.4, -0.2) is 4.57 Å². The van der Waals surface area contributed by atoms with E-state index in [1.807, 2.05) is 0 Å². The van der Waals surface area contributed by atoms with Crippen LogP contribution in [0.25, 0.3) is 60.9 Å². The summed E-state index contributed by atoms with van der Waals surface area (Å²) in [7, 11) is 0. The fraction of sp³-hybridized carbons (Fsp3) is 0.0625. The molecule has 0 saturated carbocycles. The molecule has 66 heavy (non-hydrogen) atoms. The molecule has 10 aromatic carbocycles. The summed E-state index contributed by atoms with van der Waals surface area (Å²) >= 11 is 0. The van der Waals surface area contributed by atoms with Gasteiger partial charge in [0.2, 0.25) is 0 Å². The van der Waals surface area contributed by atoms with Gasteiger partial charge in [-0.05, 0) is 122 Å². The van der Waals surface area contributed by atoms with Crippen LogP contribution in [0.4, 0.5) is 17.1 Å². The first kappa shape index (κ1) is 38.3. The molecule has 0 N–H and O–H groups in total. The Kier molecular flexibility index (Phi) is 8.51. The fourth-order valence-corrected chi connectivity index (χ4v) is 11.7. The molecule has 0 aliphatic heterocycles. The van der Waals surface area contributed by atoms with E-state index in [-0.39, 0.29) is 5.41 Å². The molecular formula is C64H46N2. The van der Waals surface area contributed by atoms with E-state index >= 15 is 0 Å². The molecule has 312 valence electrons. The standard InChI is InChI=1S/C64H46N2/c1-63(2)55-28-15-14-27-52(55)62-58(63)31-18-32-61(62)65(48-36-33-44(34-37-48)43-19-6-3-7-20-43)49-38-40-60-54(42-49)53-41-46(35-39-59(53)66(60)47-23-10-5-11-24-47)64(45-21-8-4-9-22-45)56-29-16-12-25-50(56)51-26-13-17-30-57(51)64/h3-42H,1-2H3. The van der Waals surface area contributed by atoms with Gasteiger partial charge < -0.3 is 9.47 Å². The lowest BCUT2D eigenvalue weighted by atomic mass is 9.67. The van der Waals surface area contributed by atoms with Crippen molar-refractivity contribution in [3.8, 4) is 39.1 Å². The monoisotopic (exact) mass is 842 g/mol. The Hall–Kier alpha value is -8.20. The maximum absolute atomic E-state index is 2.50. The molecule has 13 rings (SSSR count). The van der Waals surface area contributed by atoms with E-state index in [0.29, 0.717) is 0 Å². The summed E-state index contributed by atoms with van der Waals surface area (Å²) in [5, 5.41) is 2.42. The zero-order valence-electron chi connectivity index (χ0n) is 37.0. The zero-order chi connectivity index (χ0) is 44.0. The number of benzene rings is 10. The molecule has 11 aromatic rings. The molecule has 2 nitrogen and oxygen atoms in total. The highest BCUT2D eigenvalue weighted by molar-refractivity contribution is 6.11. The number of anilines is 3. The van der Waals surface area contributed by atoms with E-state index < -0.39 is 5.41 Å². The summed E-state index contributed by atoms with van der Waals surface area (Å²) in [5.41, 5.74) is 21.7. The fourth-order valence-electron chi connectivity index (χ4n) is 11.7. The van der Waals surface area contributed by atoms with Gasteiger partial charge in [0.25, 0.3) is 0 Å². The first-order chi connectivity index (χ1) is 32.5. The number of fused-ring (bicyclic) bond motifs is 9. The Bertz CT molecular complexity index is 3610. The van der Waals surface area contributed by atoms with Crippen LogP contribution in [0.15, 0.2) is 243 Å². The van der Waals surface area contributed by atoms with Crippen molar-refractivity contribution in [2.24, 2.45) is 0 Å². The predicted octanol–water partition coefficient (Wildman–Crippen LogP) is 16.6. The molecule has 0 saturated heterocycles. The van der Waals surface area contributed by atoms with E-state index in [1.54, 1.807) is 0 Å². The van der Waals surface area contributed by atoms with E-state index in [0.717, 1.165) is 17.1 Å². The van der Waals surface area contributed by atoms with Crippen molar-refractivity contribution in [1.82, 2.24) is 4.57 Å². The topological polar surface area (TPSA) is 8.17 Å². The van der Waals surface area contributed by atoms with Crippen molar-refractivity contribution in [1.29, 1.82) is 0 Å². The van der Waals surface area contributed by atoms with Gasteiger partial charge in [0.1, 0.15) is 0 Å².